The van der Waals surface area contributed by atoms with Crippen LogP contribution in [-0.2, 0) is 10.0 Å². The lowest BCUT2D eigenvalue weighted by atomic mass is 10.0. The van der Waals surface area contributed by atoms with Crippen molar-refractivity contribution in [2.75, 3.05) is 25.4 Å². The summed E-state index contributed by atoms with van der Waals surface area (Å²) < 4.78 is 26.5. The molecule has 1 aromatic rings. The zero-order chi connectivity index (χ0) is 14.1. The normalized spacial score (nSPS) is 13.4. The quantitative estimate of drug-likeness (QED) is 0.679. The molecule has 0 fully saturated rings. The molecule has 1 unspecified atom stereocenters. The fraction of sp³-hybridized carbons (Fsp3) is 0.571. The molecule has 0 aliphatic rings. The molecule has 0 spiro atoms. The van der Waals surface area contributed by atoms with Gasteiger partial charge in [-0.2, -0.15) is 0 Å². The van der Waals surface area contributed by atoms with Gasteiger partial charge in [0, 0.05) is 6.54 Å². The zero-order valence-electron chi connectivity index (χ0n) is 11.7. The van der Waals surface area contributed by atoms with Crippen LogP contribution in [0.1, 0.15) is 31.7 Å². The molecule has 0 radical (unpaired) electrons. The van der Waals surface area contributed by atoms with Gasteiger partial charge in [0.1, 0.15) is 0 Å². The minimum atomic E-state index is -3.19. The van der Waals surface area contributed by atoms with Crippen LogP contribution in [0.25, 0.3) is 0 Å². The molecule has 0 saturated heterocycles. The number of benzene rings is 1. The molecule has 0 bridgehead atoms. The van der Waals surface area contributed by atoms with Crippen LogP contribution in [0.15, 0.2) is 30.3 Å². The van der Waals surface area contributed by atoms with Crippen molar-refractivity contribution in [1.82, 2.24) is 10.0 Å². The second-order valence-corrected chi connectivity index (χ2v) is 6.55. The van der Waals surface area contributed by atoms with Crippen LogP contribution in [0.4, 0.5) is 0 Å². The van der Waals surface area contributed by atoms with Crippen LogP contribution in [0.5, 0.6) is 0 Å². The molecular formula is C14H24N2O2S. The van der Waals surface area contributed by atoms with E-state index in [0.717, 1.165) is 25.1 Å². The first-order chi connectivity index (χ1) is 9.05. The van der Waals surface area contributed by atoms with Crippen molar-refractivity contribution in [1.29, 1.82) is 0 Å². The van der Waals surface area contributed by atoms with Crippen molar-refractivity contribution in [3.63, 3.8) is 0 Å². The SMILES string of the molecule is CCNCCCNS(=O)(=O)CC(C)c1ccccc1. The molecular weight excluding hydrogens is 260 g/mol. The molecule has 4 nitrogen and oxygen atoms in total. The third-order valence-electron chi connectivity index (χ3n) is 2.94. The van der Waals surface area contributed by atoms with E-state index >= 15 is 0 Å². The Hall–Kier alpha value is -0.910. The second kappa shape index (κ2) is 8.30. The summed E-state index contributed by atoms with van der Waals surface area (Å²) in [5.74, 6) is 0.144. The van der Waals surface area contributed by atoms with E-state index in [0.29, 0.717) is 6.54 Å². The zero-order valence-corrected chi connectivity index (χ0v) is 12.5. The fourth-order valence-corrected chi connectivity index (χ4v) is 3.31. The Kier molecular flexibility index (Phi) is 7.05. The van der Waals surface area contributed by atoms with E-state index in [9.17, 15) is 8.42 Å². The maximum absolute atomic E-state index is 11.9. The molecule has 2 N–H and O–H groups in total. The number of nitrogens with one attached hydrogen (secondary N) is 2. The highest BCUT2D eigenvalue weighted by molar-refractivity contribution is 7.89. The molecule has 0 saturated carbocycles. The van der Waals surface area contributed by atoms with Gasteiger partial charge in [-0.25, -0.2) is 13.1 Å². The first kappa shape index (κ1) is 16.1. The Morgan fingerprint density at radius 3 is 2.47 bits per heavy atom. The van der Waals surface area contributed by atoms with Gasteiger partial charge >= 0.3 is 0 Å². The Morgan fingerprint density at radius 2 is 1.84 bits per heavy atom. The lowest BCUT2D eigenvalue weighted by Gasteiger charge is -2.13. The first-order valence-corrected chi connectivity index (χ1v) is 8.43. The highest BCUT2D eigenvalue weighted by atomic mass is 32.2. The molecule has 1 aromatic carbocycles. The average molecular weight is 284 g/mol. The molecule has 5 heteroatoms. The number of hydrogen-bond acceptors (Lipinski definition) is 3. The molecule has 0 aliphatic heterocycles. The van der Waals surface area contributed by atoms with Crippen molar-refractivity contribution in [2.24, 2.45) is 0 Å². The summed E-state index contributed by atoms with van der Waals surface area (Å²) in [5, 5.41) is 3.17. The van der Waals surface area contributed by atoms with Crippen molar-refractivity contribution in [2.45, 2.75) is 26.2 Å². The highest BCUT2D eigenvalue weighted by Crippen LogP contribution is 2.16. The smallest absolute Gasteiger partial charge is 0.212 e. The van der Waals surface area contributed by atoms with Crippen LogP contribution in [0, 0.1) is 0 Å². The summed E-state index contributed by atoms with van der Waals surface area (Å²) in [6.07, 6.45) is 0.812. The molecule has 0 amide bonds. The van der Waals surface area contributed by atoms with Gasteiger partial charge in [0.25, 0.3) is 0 Å². The first-order valence-electron chi connectivity index (χ1n) is 6.78. The fourth-order valence-electron chi connectivity index (χ4n) is 1.88. The maximum Gasteiger partial charge on any atom is 0.212 e. The standard InChI is InChI=1S/C14H24N2O2S/c1-3-15-10-7-11-16-19(17,18)12-13(2)14-8-5-4-6-9-14/h4-6,8-9,13,15-16H,3,7,10-12H2,1-2H3. The van der Waals surface area contributed by atoms with Crippen LogP contribution >= 0.6 is 0 Å². The predicted octanol–water partition coefficient (Wildman–Crippen LogP) is 1.71. The molecule has 108 valence electrons. The van der Waals surface area contributed by atoms with Crippen LogP contribution < -0.4 is 10.0 Å². The largest absolute Gasteiger partial charge is 0.317 e. The summed E-state index contributed by atoms with van der Waals surface area (Å²) in [5.41, 5.74) is 1.06. The molecule has 1 atom stereocenters. The summed E-state index contributed by atoms with van der Waals surface area (Å²) in [4.78, 5) is 0. The van der Waals surface area contributed by atoms with Gasteiger partial charge in [0.2, 0.25) is 10.0 Å². The van der Waals surface area contributed by atoms with Gasteiger partial charge < -0.3 is 5.32 Å². The van der Waals surface area contributed by atoms with E-state index < -0.39 is 10.0 Å². The van der Waals surface area contributed by atoms with E-state index in [1.54, 1.807) is 0 Å². The van der Waals surface area contributed by atoms with Gasteiger partial charge in [-0.05, 0) is 31.0 Å². The molecule has 0 aliphatic carbocycles. The summed E-state index contributed by atoms with van der Waals surface area (Å²) in [6, 6.07) is 9.73. The molecule has 1 rings (SSSR count). The Morgan fingerprint density at radius 1 is 1.16 bits per heavy atom. The van der Waals surface area contributed by atoms with Gasteiger partial charge in [0.05, 0.1) is 5.75 Å². The summed E-state index contributed by atoms with van der Waals surface area (Å²) >= 11 is 0. The number of sulfonamides is 1. The minimum absolute atomic E-state index is 0.00691. The maximum atomic E-state index is 11.9. The van der Waals surface area contributed by atoms with Crippen LogP contribution in [0.2, 0.25) is 0 Å². The van der Waals surface area contributed by atoms with Gasteiger partial charge in [-0.3, -0.25) is 0 Å². The van der Waals surface area contributed by atoms with E-state index in [-0.39, 0.29) is 11.7 Å². The third kappa shape index (κ3) is 6.71. The number of rotatable bonds is 9. The highest BCUT2D eigenvalue weighted by Gasteiger charge is 2.16. The van der Waals surface area contributed by atoms with Gasteiger partial charge in [0.15, 0.2) is 0 Å². The van der Waals surface area contributed by atoms with Crippen molar-refractivity contribution < 1.29 is 8.42 Å². The number of hydrogen-bond donors (Lipinski definition) is 2. The van der Waals surface area contributed by atoms with Crippen LogP contribution in [0.3, 0.4) is 0 Å². The van der Waals surface area contributed by atoms with Crippen LogP contribution in [-0.4, -0.2) is 33.8 Å². The molecule has 19 heavy (non-hydrogen) atoms. The van der Waals surface area contributed by atoms with E-state index in [1.165, 1.54) is 0 Å². The minimum Gasteiger partial charge on any atom is -0.317 e. The summed E-state index contributed by atoms with van der Waals surface area (Å²) in [7, 11) is -3.19. The third-order valence-corrected chi connectivity index (χ3v) is 4.52. The van der Waals surface area contributed by atoms with E-state index in [4.69, 9.17) is 0 Å². The van der Waals surface area contributed by atoms with E-state index in [1.807, 2.05) is 44.2 Å². The van der Waals surface area contributed by atoms with Gasteiger partial charge in [-0.15, -0.1) is 0 Å². The monoisotopic (exact) mass is 284 g/mol. The van der Waals surface area contributed by atoms with Gasteiger partial charge in [-0.1, -0.05) is 44.2 Å². The van der Waals surface area contributed by atoms with E-state index in [2.05, 4.69) is 10.0 Å². The Bertz CT molecular complexity index is 446. The Labute approximate surface area is 116 Å². The molecule has 0 heterocycles. The molecule has 0 aromatic heterocycles. The van der Waals surface area contributed by atoms with Crippen molar-refractivity contribution in [3.8, 4) is 0 Å². The average Bonchev–Trinajstić information content (AvgIpc) is 2.39. The predicted molar refractivity (Wildman–Crippen MR) is 79.8 cm³/mol. The lowest BCUT2D eigenvalue weighted by Crippen LogP contribution is -2.31. The van der Waals surface area contributed by atoms with Crippen molar-refractivity contribution in [3.05, 3.63) is 35.9 Å². The van der Waals surface area contributed by atoms with Crippen molar-refractivity contribution >= 4 is 10.0 Å². The second-order valence-electron chi connectivity index (χ2n) is 4.69. The lowest BCUT2D eigenvalue weighted by molar-refractivity contribution is 0.570. The topological polar surface area (TPSA) is 58.2 Å². The summed E-state index contributed by atoms with van der Waals surface area (Å²) in [6.45, 7) is 6.22. The Balaban J connectivity index is 2.38.